The molecule has 1 aromatic heterocycles. The Morgan fingerprint density at radius 3 is 2.87 bits per heavy atom. The summed E-state index contributed by atoms with van der Waals surface area (Å²) in [7, 11) is 3.26. The van der Waals surface area contributed by atoms with Crippen LogP contribution in [-0.4, -0.2) is 30.1 Å². The Kier molecular flexibility index (Phi) is 3.56. The van der Waals surface area contributed by atoms with Crippen LogP contribution in [0.4, 0.5) is 5.00 Å². The van der Waals surface area contributed by atoms with Gasteiger partial charge in [-0.15, -0.1) is 11.3 Å². The third kappa shape index (κ3) is 2.88. The van der Waals surface area contributed by atoms with E-state index in [4.69, 9.17) is 0 Å². The normalized spacial score (nSPS) is 11.3. The number of nitrogens with zero attached hydrogens (tertiary/aromatic N) is 4. The second-order valence-electron chi connectivity index (χ2n) is 2.69. The molecular weight excluding hydrogens is 218 g/mol. The van der Waals surface area contributed by atoms with E-state index in [1.165, 1.54) is 11.3 Å². The summed E-state index contributed by atoms with van der Waals surface area (Å²) in [4.78, 5) is 15.9. The number of aromatic nitrogens is 1. The molecule has 0 spiro atoms. The first-order valence-electron chi connectivity index (χ1n) is 4.11. The van der Waals surface area contributed by atoms with Crippen LogP contribution in [0.5, 0.6) is 0 Å². The van der Waals surface area contributed by atoms with E-state index >= 15 is 0 Å². The Morgan fingerprint density at radius 1 is 1.80 bits per heavy atom. The lowest BCUT2D eigenvalue weighted by Gasteiger charge is -2.14. The summed E-state index contributed by atoms with van der Waals surface area (Å²) in [6.07, 6.45) is 1.65. The van der Waals surface area contributed by atoms with Gasteiger partial charge in [0, 0.05) is 14.1 Å². The first kappa shape index (κ1) is 11.4. The maximum Gasteiger partial charge on any atom is 0.275 e. The molecule has 0 saturated carbocycles. The number of aryl methyl sites for hydroxylation is 1. The quantitative estimate of drug-likeness (QED) is 0.348. The van der Waals surface area contributed by atoms with Crippen molar-refractivity contribution in [1.29, 1.82) is 0 Å². The van der Waals surface area contributed by atoms with E-state index in [0.29, 0.717) is 0 Å². The van der Waals surface area contributed by atoms with Gasteiger partial charge in [-0.3, -0.25) is 0 Å². The van der Waals surface area contributed by atoms with E-state index in [-0.39, 0.29) is 5.96 Å². The molecule has 0 atom stereocenters. The zero-order valence-corrected chi connectivity index (χ0v) is 9.41. The fraction of sp³-hybridized carbons (Fsp3) is 0.429. The van der Waals surface area contributed by atoms with E-state index in [1.807, 2.05) is 6.92 Å². The van der Waals surface area contributed by atoms with Crippen molar-refractivity contribution >= 4 is 22.3 Å². The highest BCUT2D eigenvalue weighted by Gasteiger charge is 2.13. The van der Waals surface area contributed by atoms with Crippen LogP contribution in [0.3, 0.4) is 0 Å². The summed E-state index contributed by atoms with van der Waals surface area (Å²) in [6.45, 7) is 1.87. The molecule has 7 nitrogen and oxygen atoms in total. The van der Waals surface area contributed by atoms with Crippen molar-refractivity contribution in [3.8, 4) is 0 Å². The molecule has 0 radical (unpaired) electrons. The lowest BCUT2D eigenvalue weighted by atomic mass is 10.7. The summed E-state index contributed by atoms with van der Waals surface area (Å²) < 4.78 is 0. The number of hydrogen-bond acceptors (Lipinski definition) is 4. The number of hydrazone groups is 1. The molecule has 1 N–H and O–H groups in total. The summed E-state index contributed by atoms with van der Waals surface area (Å²) in [5.74, 6) is 0.170. The SMILES string of the molecule is CNC(=N[N+](=O)[O-])N(C)c1cnc(C)s1. The van der Waals surface area contributed by atoms with Crippen molar-refractivity contribution in [2.75, 3.05) is 19.0 Å². The monoisotopic (exact) mass is 229 g/mol. The predicted octanol–water partition coefficient (Wildman–Crippen LogP) is 0.655. The van der Waals surface area contributed by atoms with E-state index in [2.05, 4.69) is 15.4 Å². The van der Waals surface area contributed by atoms with Crippen LogP contribution in [0.1, 0.15) is 5.01 Å². The Hall–Kier alpha value is -1.70. The maximum atomic E-state index is 10.2. The molecule has 0 saturated heterocycles. The third-order valence-corrected chi connectivity index (χ3v) is 2.65. The summed E-state index contributed by atoms with van der Waals surface area (Å²) in [5.41, 5.74) is 0. The summed E-state index contributed by atoms with van der Waals surface area (Å²) in [5, 5.41) is 17.1. The average Bonchev–Trinajstić information content (AvgIpc) is 2.60. The van der Waals surface area contributed by atoms with Crippen LogP contribution in [0.2, 0.25) is 0 Å². The standard InChI is InChI=1S/C7H11N5O2S/c1-5-9-4-6(15-5)11(3)7(8-2)10-12(13)14/h4H,1-3H3,(H,8,10). The molecule has 0 aromatic carbocycles. The van der Waals surface area contributed by atoms with Gasteiger partial charge >= 0.3 is 0 Å². The predicted molar refractivity (Wildman–Crippen MR) is 58.7 cm³/mol. The molecule has 82 valence electrons. The zero-order chi connectivity index (χ0) is 11.4. The molecule has 15 heavy (non-hydrogen) atoms. The highest BCUT2D eigenvalue weighted by Crippen LogP contribution is 2.21. The molecule has 1 heterocycles. The number of nitro groups is 1. The van der Waals surface area contributed by atoms with Gasteiger partial charge in [0.15, 0.2) is 5.03 Å². The van der Waals surface area contributed by atoms with Crippen LogP contribution in [-0.2, 0) is 0 Å². The largest absolute Gasteiger partial charge is 0.354 e. The van der Waals surface area contributed by atoms with Gasteiger partial charge in [0.1, 0.15) is 10.1 Å². The molecule has 0 unspecified atom stereocenters. The van der Waals surface area contributed by atoms with E-state index in [1.54, 1.807) is 25.2 Å². The molecule has 0 amide bonds. The molecule has 0 bridgehead atoms. The van der Waals surface area contributed by atoms with Gasteiger partial charge in [-0.2, -0.15) is 0 Å². The van der Waals surface area contributed by atoms with Gasteiger partial charge in [-0.1, -0.05) is 0 Å². The lowest BCUT2D eigenvalue weighted by molar-refractivity contribution is -0.485. The number of hydrogen-bond donors (Lipinski definition) is 1. The molecule has 0 aliphatic heterocycles. The summed E-state index contributed by atoms with van der Waals surface area (Å²) in [6, 6.07) is 0. The zero-order valence-electron chi connectivity index (χ0n) is 8.59. The van der Waals surface area contributed by atoms with Gasteiger partial charge in [-0.05, 0) is 6.92 Å². The molecule has 0 aliphatic carbocycles. The van der Waals surface area contributed by atoms with Gasteiger partial charge in [-0.25, -0.2) is 15.1 Å². The highest BCUT2D eigenvalue weighted by atomic mass is 32.1. The van der Waals surface area contributed by atoms with Crippen LogP contribution in [0, 0.1) is 17.0 Å². The first-order valence-corrected chi connectivity index (χ1v) is 4.93. The minimum Gasteiger partial charge on any atom is -0.354 e. The minimum atomic E-state index is -0.740. The topological polar surface area (TPSA) is 83.7 Å². The Bertz CT molecular complexity index is 388. The van der Waals surface area contributed by atoms with Crippen molar-refractivity contribution in [2.45, 2.75) is 6.92 Å². The fourth-order valence-electron chi connectivity index (χ4n) is 0.972. The molecule has 0 fully saturated rings. The number of rotatable bonds is 2. The molecule has 1 aromatic rings. The van der Waals surface area contributed by atoms with Crippen LogP contribution >= 0.6 is 11.3 Å². The number of nitrogens with one attached hydrogen (secondary N) is 1. The van der Waals surface area contributed by atoms with Gasteiger partial charge < -0.3 is 10.2 Å². The van der Waals surface area contributed by atoms with Crippen molar-refractivity contribution in [3.63, 3.8) is 0 Å². The number of guanidine groups is 1. The second-order valence-corrected chi connectivity index (χ2v) is 3.90. The molecule has 8 heteroatoms. The van der Waals surface area contributed by atoms with Crippen molar-refractivity contribution in [1.82, 2.24) is 10.3 Å². The average molecular weight is 229 g/mol. The molecule has 0 aliphatic rings. The van der Waals surface area contributed by atoms with E-state index < -0.39 is 5.03 Å². The van der Waals surface area contributed by atoms with Crippen LogP contribution in [0.25, 0.3) is 0 Å². The Morgan fingerprint density at radius 2 is 2.47 bits per heavy atom. The summed E-state index contributed by atoms with van der Waals surface area (Å²) >= 11 is 1.44. The van der Waals surface area contributed by atoms with E-state index in [0.717, 1.165) is 10.0 Å². The maximum absolute atomic E-state index is 10.2. The first-order chi connectivity index (χ1) is 7.04. The van der Waals surface area contributed by atoms with Gasteiger partial charge in [0.05, 0.1) is 11.2 Å². The number of anilines is 1. The number of thiazole rings is 1. The minimum absolute atomic E-state index is 0.170. The van der Waals surface area contributed by atoms with Gasteiger partial charge in [0.25, 0.3) is 5.96 Å². The Labute approximate surface area is 90.6 Å². The smallest absolute Gasteiger partial charge is 0.275 e. The fourth-order valence-corrected chi connectivity index (χ4v) is 1.71. The van der Waals surface area contributed by atoms with Crippen molar-refractivity contribution in [2.24, 2.45) is 5.10 Å². The molecule has 1 rings (SSSR count). The van der Waals surface area contributed by atoms with Crippen LogP contribution in [0.15, 0.2) is 11.3 Å². The van der Waals surface area contributed by atoms with Crippen molar-refractivity contribution in [3.05, 3.63) is 21.3 Å². The van der Waals surface area contributed by atoms with E-state index in [9.17, 15) is 10.1 Å². The van der Waals surface area contributed by atoms with Crippen molar-refractivity contribution < 1.29 is 5.03 Å². The second kappa shape index (κ2) is 4.69. The third-order valence-electron chi connectivity index (χ3n) is 1.66. The Balaban J connectivity index is 2.91. The van der Waals surface area contributed by atoms with Gasteiger partial charge in [0.2, 0.25) is 0 Å². The lowest BCUT2D eigenvalue weighted by Crippen LogP contribution is -2.37. The molecular formula is C7H11N5O2S. The highest BCUT2D eigenvalue weighted by molar-refractivity contribution is 7.15. The van der Waals surface area contributed by atoms with Crippen LogP contribution < -0.4 is 10.2 Å².